The molecule has 2 N–H and O–H groups in total. The second-order valence-corrected chi connectivity index (χ2v) is 5.10. The van der Waals surface area contributed by atoms with E-state index in [0.29, 0.717) is 22.7 Å². The Morgan fingerprint density at radius 3 is 2.76 bits per heavy atom. The summed E-state index contributed by atoms with van der Waals surface area (Å²) >= 11 is 4.86. The Morgan fingerprint density at radius 2 is 2.18 bits per heavy atom. The van der Waals surface area contributed by atoms with E-state index < -0.39 is 0 Å². The van der Waals surface area contributed by atoms with Gasteiger partial charge in [0.1, 0.15) is 16.8 Å². The highest BCUT2D eigenvalue weighted by Crippen LogP contribution is 2.27. The highest BCUT2D eigenvalue weighted by Gasteiger charge is 2.22. The van der Waals surface area contributed by atoms with Crippen molar-refractivity contribution in [1.82, 2.24) is 4.98 Å². The third-order valence-corrected chi connectivity index (χ3v) is 3.52. The van der Waals surface area contributed by atoms with Crippen LogP contribution >= 0.6 is 12.2 Å². The quantitative estimate of drug-likeness (QED) is 0.838. The molecule has 2 atom stereocenters. The van der Waals surface area contributed by atoms with Gasteiger partial charge in [-0.2, -0.15) is 0 Å². The molecule has 1 saturated carbocycles. The lowest BCUT2D eigenvalue weighted by Gasteiger charge is -2.29. The Morgan fingerprint density at radius 1 is 1.41 bits per heavy atom. The van der Waals surface area contributed by atoms with Gasteiger partial charge in [-0.1, -0.05) is 25.6 Å². The summed E-state index contributed by atoms with van der Waals surface area (Å²) in [6.07, 6.45) is 6.99. The Bertz CT molecular complexity index is 391. The normalized spacial score (nSPS) is 24.3. The van der Waals surface area contributed by atoms with Crippen LogP contribution in [0.4, 0.5) is 0 Å². The number of hydrogen-bond donors (Lipinski definition) is 1. The van der Waals surface area contributed by atoms with E-state index in [1.54, 1.807) is 6.20 Å². The molecule has 1 aromatic rings. The SMILES string of the molecule is CC1CCCCC1Oc1ccc(C(N)=S)nc1. The van der Waals surface area contributed by atoms with Crippen molar-refractivity contribution in [3.8, 4) is 5.75 Å². The molecule has 17 heavy (non-hydrogen) atoms. The summed E-state index contributed by atoms with van der Waals surface area (Å²) in [6, 6.07) is 3.70. The van der Waals surface area contributed by atoms with Gasteiger partial charge in [0.2, 0.25) is 0 Å². The molecular formula is C13H18N2OS. The van der Waals surface area contributed by atoms with Gasteiger partial charge in [-0.25, -0.2) is 4.98 Å². The molecule has 1 aromatic heterocycles. The fourth-order valence-corrected chi connectivity index (χ4v) is 2.35. The highest BCUT2D eigenvalue weighted by molar-refractivity contribution is 7.80. The minimum Gasteiger partial charge on any atom is -0.489 e. The standard InChI is InChI=1S/C13H18N2OS/c1-9-4-2-3-5-12(9)16-10-6-7-11(13(14)17)15-8-10/h6-9,12H,2-5H2,1H3,(H2,14,17). The Kier molecular flexibility index (Phi) is 3.94. The fourth-order valence-electron chi connectivity index (χ4n) is 2.23. The van der Waals surface area contributed by atoms with Crippen LogP contribution < -0.4 is 10.5 Å². The zero-order valence-electron chi connectivity index (χ0n) is 10.1. The van der Waals surface area contributed by atoms with Gasteiger partial charge in [0.15, 0.2) is 0 Å². The van der Waals surface area contributed by atoms with E-state index in [9.17, 15) is 0 Å². The number of ether oxygens (including phenoxy) is 1. The lowest BCUT2D eigenvalue weighted by molar-refractivity contribution is 0.102. The monoisotopic (exact) mass is 250 g/mol. The maximum Gasteiger partial charge on any atom is 0.138 e. The molecule has 1 aliphatic carbocycles. The van der Waals surface area contributed by atoms with Crippen molar-refractivity contribution in [2.45, 2.75) is 38.7 Å². The molecule has 0 amide bonds. The van der Waals surface area contributed by atoms with Gasteiger partial charge in [-0.05, 0) is 37.3 Å². The predicted octanol–water partition coefficient (Wildman–Crippen LogP) is 2.67. The number of nitrogens with two attached hydrogens (primary N) is 1. The van der Waals surface area contributed by atoms with Crippen LogP contribution in [0.1, 0.15) is 38.3 Å². The first kappa shape index (κ1) is 12.3. The van der Waals surface area contributed by atoms with E-state index in [-0.39, 0.29) is 0 Å². The average molecular weight is 250 g/mol. The molecule has 0 spiro atoms. The van der Waals surface area contributed by atoms with Gasteiger partial charge in [0.05, 0.1) is 11.9 Å². The average Bonchev–Trinajstić information content (AvgIpc) is 2.33. The minimum absolute atomic E-state index is 0.321. The van der Waals surface area contributed by atoms with Crippen LogP contribution in [0, 0.1) is 5.92 Å². The zero-order valence-corrected chi connectivity index (χ0v) is 10.9. The molecule has 0 bridgehead atoms. The van der Waals surface area contributed by atoms with Crippen molar-refractivity contribution in [3.05, 3.63) is 24.0 Å². The lowest BCUT2D eigenvalue weighted by Crippen LogP contribution is -2.28. The molecule has 2 rings (SSSR count). The first-order chi connectivity index (χ1) is 8.16. The fraction of sp³-hybridized carbons (Fsp3) is 0.538. The minimum atomic E-state index is 0.321. The summed E-state index contributed by atoms with van der Waals surface area (Å²) in [4.78, 5) is 4.50. The molecule has 3 nitrogen and oxygen atoms in total. The van der Waals surface area contributed by atoms with Crippen LogP contribution in [0.3, 0.4) is 0 Å². The summed E-state index contributed by atoms with van der Waals surface area (Å²) in [7, 11) is 0. The molecule has 2 unspecified atom stereocenters. The van der Waals surface area contributed by atoms with Crippen LogP contribution in [0.2, 0.25) is 0 Å². The maximum absolute atomic E-state index is 5.96. The summed E-state index contributed by atoms with van der Waals surface area (Å²) in [5.41, 5.74) is 6.14. The van der Waals surface area contributed by atoms with Crippen LogP contribution in [0.5, 0.6) is 5.75 Å². The topological polar surface area (TPSA) is 48.1 Å². The summed E-state index contributed by atoms with van der Waals surface area (Å²) in [5, 5.41) is 0. The van der Waals surface area contributed by atoms with E-state index in [0.717, 1.165) is 12.2 Å². The van der Waals surface area contributed by atoms with Gasteiger partial charge in [-0.15, -0.1) is 0 Å². The number of hydrogen-bond acceptors (Lipinski definition) is 3. The number of aromatic nitrogens is 1. The predicted molar refractivity (Wildman–Crippen MR) is 72.2 cm³/mol. The van der Waals surface area contributed by atoms with E-state index >= 15 is 0 Å². The number of pyridine rings is 1. The van der Waals surface area contributed by atoms with Crippen LogP contribution in [0.25, 0.3) is 0 Å². The molecule has 0 aromatic carbocycles. The largest absolute Gasteiger partial charge is 0.489 e. The summed E-state index contributed by atoms with van der Waals surface area (Å²) < 4.78 is 5.96. The first-order valence-corrected chi connectivity index (χ1v) is 6.50. The van der Waals surface area contributed by atoms with Gasteiger partial charge in [0.25, 0.3) is 0 Å². The van der Waals surface area contributed by atoms with Crippen LogP contribution in [-0.2, 0) is 0 Å². The molecular weight excluding hydrogens is 232 g/mol. The highest BCUT2D eigenvalue weighted by atomic mass is 32.1. The van der Waals surface area contributed by atoms with Crippen molar-refractivity contribution < 1.29 is 4.74 Å². The van der Waals surface area contributed by atoms with Crippen molar-refractivity contribution in [1.29, 1.82) is 0 Å². The van der Waals surface area contributed by atoms with Crippen molar-refractivity contribution >= 4 is 17.2 Å². The van der Waals surface area contributed by atoms with Gasteiger partial charge >= 0.3 is 0 Å². The lowest BCUT2D eigenvalue weighted by atomic mass is 9.88. The maximum atomic E-state index is 5.96. The number of thiocarbonyl (C=S) groups is 1. The van der Waals surface area contributed by atoms with Crippen molar-refractivity contribution in [3.63, 3.8) is 0 Å². The van der Waals surface area contributed by atoms with E-state index in [1.807, 2.05) is 12.1 Å². The molecule has 92 valence electrons. The van der Waals surface area contributed by atoms with Crippen LogP contribution in [-0.4, -0.2) is 16.1 Å². The van der Waals surface area contributed by atoms with E-state index in [1.165, 1.54) is 19.3 Å². The Labute approximate surface area is 107 Å². The summed E-state index contributed by atoms with van der Waals surface area (Å²) in [6.45, 7) is 2.25. The second kappa shape index (κ2) is 5.45. The first-order valence-electron chi connectivity index (χ1n) is 6.09. The summed E-state index contributed by atoms with van der Waals surface area (Å²) in [5.74, 6) is 1.43. The number of nitrogens with zero attached hydrogens (tertiary/aromatic N) is 1. The molecule has 0 saturated heterocycles. The molecule has 1 heterocycles. The third kappa shape index (κ3) is 3.16. The van der Waals surface area contributed by atoms with Gasteiger partial charge in [-0.3, -0.25) is 0 Å². The van der Waals surface area contributed by atoms with E-state index in [2.05, 4.69) is 11.9 Å². The van der Waals surface area contributed by atoms with Gasteiger partial charge < -0.3 is 10.5 Å². The third-order valence-electron chi connectivity index (χ3n) is 3.31. The van der Waals surface area contributed by atoms with Crippen LogP contribution in [0.15, 0.2) is 18.3 Å². The molecule has 1 fully saturated rings. The molecule has 1 aliphatic rings. The Hall–Kier alpha value is -1.16. The zero-order chi connectivity index (χ0) is 12.3. The molecule has 0 radical (unpaired) electrons. The number of rotatable bonds is 3. The second-order valence-electron chi connectivity index (χ2n) is 4.66. The van der Waals surface area contributed by atoms with E-state index in [4.69, 9.17) is 22.7 Å². The Balaban J connectivity index is 2.00. The smallest absolute Gasteiger partial charge is 0.138 e. The molecule has 0 aliphatic heterocycles. The molecule has 4 heteroatoms. The van der Waals surface area contributed by atoms with Gasteiger partial charge in [0, 0.05) is 0 Å². The van der Waals surface area contributed by atoms with Crippen molar-refractivity contribution in [2.24, 2.45) is 11.7 Å². The van der Waals surface area contributed by atoms with Crippen molar-refractivity contribution in [2.75, 3.05) is 0 Å².